The molecule has 2 unspecified atom stereocenters. The average Bonchev–Trinajstić information content (AvgIpc) is 3.81. The first-order valence-corrected chi connectivity index (χ1v) is 21.8. The Morgan fingerprint density at radius 3 is 1.51 bits per heavy atom. The summed E-state index contributed by atoms with van der Waals surface area (Å²) in [6.07, 6.45) is -8.88. The number of rotatable bonds is 11. The Hall–Kier alpha value is -5.00. The molecule has 2 saturated heterocycles. The van der Waals surface area contributed by atoms with E-state index in [1.807, 2.05) is 0 Å². The van der Waals surface area contributed by atoms with Crippen molar-refractivity contribution in [1.82, 2.24) is 4.90 Å². The molecule has 1 aromatic carbocycles. The topological polar surface area (TPSA) is 214 Å². The van der Waals surface area contributed by atoms with Crippen molar-refractivity contribution in [2.24, 2.45) is 38.9 Å². The van der Waals surface area contributed by atoms with Gasteiger partial charge in [0.1, 0.15) is 31.7 Å². The molecule has 10 atom stereocenters. The third kappa shape index (κ3) is 11.0. The summed E-state index contributed by atoms with van der Waals surface area (Å²) in [6.45, 7) is 23.3. The average molecular weight is 912 g/mol. The number of imide groups is 1. The van der Waals surface area contributed by atoms with E-state index in [4.69, 9.17) is 37.9 Å². The zero-order valence-corrected chi connectivity index (χ0v) is 40.1. The van der Waals surface area contributed by atoms with E-state index in [0.29, 0.717) is 11.9 Å². The quantitative estimate of drug-likeness (QED) is 0.0876. The first kappa shape index (κ1) is 51.0. The van der Waals surface area contributed by atoms with Gasteiger partial charge in [-0.3, -0.25) is 38.5 Å². The zero-order chi connectivity index (χ0) is 48.9. The molecule has 5 rings (SSSR count). The highest BCUT2D eigenvalue weighted by Crippen LogP contribution is 2.49. The minimum absolute atomic E-state index is 0.166. The van der Waals surface area contributed by atoms with Crippen molar-refractivity contribution < 1.29 is 76.3 Å². The van der Waals surface area contributed by atoms with Gasteiger partial charge in [-0.25, -0.2) is 0 Å². The van der Waals surface area contributed by atoms with E-state index in [-0.39, 0.29) is 17.7 Å². The molecule has 0 radical (unpaired) electrons. The number of hydrogen-bond acceptors (Lipinski definition) is 16. The summed E-state index contributed by atoms with van der Waals surface area (Å²) in [5, 5.41) is 0. The lowest BCUT2D eigenvalue weighted by Crippen LogP contribution is -2.64. The van der Waals surface area contributed by atoms with Gasteiger partial charge in [-0.2, -0.15) is 0 Å². The normalized spacial score (nSPS) is 28.2. The summed E-state index contributed by atoms with van der Waals surface area (Å²) < 4.78 is 49.3. The van der Waals surface area contributed by atoms with E-state index < -0.39 is 136 Å². The molecule has 0 N–H and O–H groups in total. The van der Waals surface area contributed by atoms with Gasteiger partial charge in [-0.15, -0.1) is 0 Å². The second kappa shape index (κ2) is 18.4. The maximum Gasteiger partial charge on any atom is 0.311 e. The summed E-state index contributed by atoms with van der Waals surface area (Å²) >= 11 is 0. The molecule has 2 fully saturated rings. The Morgan fingerprint density at radius 2 is 1.05 bits per heavy atom. The number of carbonyl (C=O) groups excluding carboxylic acids is 8. The van der Waals surface area contributed by atoms with Crippen molar-refractivity contribution in [2.45, 2.75) is 153 Å². The molecule has 3 aliphatic heterocycles. The monoisotopic (exact) mass is 911 g/mol. The Bertz CT molecular complexity index is 2050. The summed E-state index contributed by atoms with van der Waals surface area (Å²) in [7, 11) is 0. The molecular weight excluding hydrogens is 847 g/mol. The Morgan fingerprint density at radius 1 is 0.600 bits per heavy atom. The molecule has 0 bridgehead atoms. The van der Waals surface area contributed by atoms with Gasteiger partial charge in [0.05, 0.1) is 44.2 Å². The van der Waals surface area contributed by atoms with Crippen LogP contribution in [-0.2, 0) is 66.7 Å². The molecule has 65 heavy (non-hydrogen) atoms. The number of ether oxygens (including phenoxy) is 8. The number of nitrogens with zero attached hydrogens (tertiary/aromatic N) is 1. The smallest absolute Gasteiger partial charge is 0.311 e. The number of hydrogen-bond donors (Lipinski definition) is 0. The highest BCUT2D eigenvalue weighted by molar-refractivity contribution is 6.21. The molecule has 0 spiro atoms. The van der Waals surface area contributed by atoms with Crippen molar-refractivity contribution in [3.63, 3.8) is 0 Å². The van der Waals surface area contributed by atoms with Crippen LogP contribution < -0.4 is 0 Å². The van der Waals surface area contributed by atoms with Crippen molar-refractivity contribution in [3.8, 4) is 0 Å². The fourth-order valence-corrected chi connectivity index (χ4v) is 7.39. The first-order valence-electron chi connectivity index (χ1n) is 21.8. The van der Waals surface area contributed by atoms with Gasteiger partial charge >= 0.3 is 29.8 Å². The van der Waals surface area contributed by atoms with E-state index in [9.17, 15) is 38.4 Å². The predicted octanol–water partition coefficient (Wildman–Crippen LogP) is 5.54. The molecule has 1 aliphatic carbocycles. The van der Waals surface area contributed by atoms with Crippen molar-refractivity contribution >= 4 is 47.9 Å². The summed E-state index contributed by atoms with van der Waals surface area (Å²) in [5.41, 5.74) is -4.65. The standard InChI is InChI=1S/C48H65NO16/c1-44(2,3)39(53)58-22-24-20-27(49-35(51)25-18-16-17-19-26(25)36(49)52)31-28(21-50)60-37(30(24)31)65-38-34(64-43(57)48(13,14)15)33(63-42(56)47(10,11)12)32(62-41(55)46(7,8)9)29(61-38)23-59-40(54)45(4,5)6/h16-21,27-34,37-38H,22-23H2,1-15H3/t27-,28-,29+,30?,31?,32+,33-,34+,37-,38-/m0/s1. The highest BCUT2D eigenvalue weighted by atomic mass is 16.8. The van der Waals surface area contributed by atoms with Crippen LogP contribution >= 0.6 is 0 Å². The van der Waals surface area contributed by atoms with Crippen LogP contribution in [0.2, 0.25) is 0 Å². The van der Waals surface area contributed by atoms with Gasteiger partial charge in [0, 0.05) is 11.8 Å². The van der Waals surface area contributed by atoms with Crippen LogP contribution in [0, 0.1) is 38.9 Å². The number of benzene rings is 1. The fraction of sp³-hybridized carbons (Fsp3) is 0.667. The third-order valence-electron chi connectivity index (χ3n) is 11.2. The molecule has 0 aromatic heterocycles. The second-order valence-corrected chi connectivity index (χ2v) is 22.2. The summed E-state index contributed by atoms with van der Waals surface area (Å²) in [4.78, 5) is 110. The maximum absolute atomic E-state index is 13.9. The molecule has 0 saturated carbocycles. The number of esters is 5. The zero-order valence-electron chi connectivity index (χ0n) is 40.1. The Balaban J connectivity index is 1.64. The maximum atomic E-state index is 13.9. The van der Waals surface area contributed by atoms with Gasteiger partial charge in [0.25, 0.3) is 11.8 Å². The van der Waals surface area contributed by atoms with Crippen molar-refractivity contribution in [3.05, 3.63) is 47.0 Å². The molecule has 1 aromatic rings. The van der Waals surface area contributed by atoms with E-state index in [1.54, 1.807) is 122 Å². The molecule has 3 heterocycles. The molecule has 4 aliphatic rings. The third-order valence-corrected chi connectivity index (χ3v) is 11.2. The van der Waals surface area contributed by atoms with Gasteiger partial charge in [-0.1, -0.05) is 18.2 Å². The predicted molar refractivity (Wildman–Crippen MR) is 229 cm³/mol. The van der Waals surface area contributed by atoms with Crippen LogP contribution in [0.1, 0.15) is 125 Å². The van der Waals surface area contributed by atoms with Crippen LogP contribution in [-0.4, -0.2) is 115 Å². The lowest BCUT2D eigenvalue weighted by atomic mass is 9.86. The van der Waals surface area contributed by atoms with Crippen LogP contribution in [0.4, 0.5) is 0 Å². The molecule has 17 nitrogen and oxygen atoms in total. The minimum atomic E-state index is -1.77. The number of carbonyl (C=O) groups is 8. The van der Waals surface area contributed by atoms with Crippen LogP contribution in [0.3, 0.4) is 0 Å². The first-order chi connectivity index (χ1) is 29.8. The minimum Gasteiger partial charge on any atom is -0.462 e. The molecule has 358 valence electrons. The van der Waals surface area contributed by atoms with E-state index in [0.717, 1.165) is 4.90 Å². The second-order valence-electron chi connectivity index (χ2n) is 22.2. The van der Waals surface area contributed by atoms with Gasteiger partial charge in [0.2, 0.25) is 6.29 Å². The SMILES string of the molecule is CC(C)(C)C(=O)OCC1=C[C@H](N2C(=O)c3ccccc3C2=O)C2C1[C@H](O[C@@H]1O[C@H](COC(=O)C(C)(C)C)[C@@H](OC(=O)C(C)(C)C)[C@H](OC(=O)C(C)(C)C)[C@H]1OC(=O)C(C)(C)C)O[C@H]2C=O. The highest BCUT2D eigenvalue weighted by Gasteiger charge is 2.61. The van der Waals surface area contributed by atoms with Crippen LogP contribution in [0.15, 0.2) is 35.9 Å². The van der Waals surface area contributed by atoms with Crippen molar-refractivity contribution in [2.75, 3.05) is 13.2 Å². The number of aldehydes is 1. The van der Waals surface area contributed by atoms with Gasteiger partial charge < -0.3 is 42.7 Å². The number of amides is 2. The summed E-state index contributed by atoms with van der Waals surface area (Å²) in [5.74, 6) is -6.77. The number of fused-ring (bicyclic) bond motifs is 2. The summed E-state index contributed by atoms with van der Waals surface area (Å²) in [6, 6.07) is 5.21. The molecular formula is C48H65NO16. The largest absolute Gasteiger partial charge is 0.462 e. The molecule has 2 amide bonds. The Kier molecular flexibility index (Phi) is 14.4. The fourth-order valence-electron chi connectivity index (χ4n) is 7.39. The van der Waals surface area contributed by atoms with Crippen LogP contribution in [0.5, 0.6) is 0 Å². The van der Waals surface area contributed by atoms with Crippen LogP contribution in [0.25, 0.3) is 0 Å². The van der Waals surface area contributed by atoms with Gasteiger partial charge in [0.15, 0.2) is 24.6 Å². The Labute approximate surface area is 380 Å². The van der Waals surface area contributed by atoms with Crippen molar-refractivity contribution in [1.29, 1.82) is 0 Å². The van der Waals surface area contributed by atoms with E-state index in [1.165, 1.54) is 12.1 Å². The molecule has 17 heteroatoms. The van der Waals surface area contributed by atoms with Gasteiger partial charge in [-0.05, 0) is 122 Å². The van der Waals surface area contributed by atoms with E-state index in [2.05, 4.69) is 0 Å². The lowest BCUT2D eigenvalue weighted by molar-refractivity contribution is -0.342. The van der Waals surface area contributed by atoms with E-state index >= 15 is 0 Å². The lowest BCUT2D eigenvalue weighted by Gasteiger charge is -2.46.